The zero-order valence-electron chi connectivity index (χ0n) is 10.1. The van der Waals surface area contributed by atoms with Crippen molar-refractivity contribution in [1.82, 2.24) is 5.32 Å². The van der Waals surface area contributed by atoms with Crippen LogP contribution in [-0.2, 0) is 9.53 Å². The van der Waals surface area contributed by atoms with Crippen molar-refractivity contribution in [2.24, 2.45) is 5.41 Å². The number of hydrogen-bond donors (Lipinski definition) is 1. The molecule has 0 radical (unpaired) electrons. The van der Waals surface area contributed by atoms with Crippen molar-refractivity contribution in [2.75, 3.05) is 13.2 Å². The molecule has 1 N–H and O–H groups in total. The maximum Gasteiger partial charge on any atom is 0.319 e. The van der Waals surface area contributed by atoms with Gasteiger partial charge in [-0.3, -0.25) is 4.79 Å². The topological polar surface area (TPSA) is 38.3 Å². The largest absolute Gasteiger partial charge is 0.465 e. The summed E-state index contributed by atoms with van der Waals surface area (Å²) in [5.74, 6) is -0.140. The van der Waals surface area contributed by atoms with Crippen LogP contribution in [0.2, 0.25) is 0 Å². The van der Waals surface area contributed by atoms with Crippen LogP contribution < -0.4 is 5.32 Å². The first kappa shape index (κ1) is 12.5. The van der Waals surface area contributed by atoms with E-state index in [4.69, 9.17) is 4.74 Å². The first-order chi connectivity index (χ1) is 7.06. The zero-order chi connectivity index (χ0) is 11.3. The number of ether oxygens (including phenoxy) is 1. The van der Waals surface area contributed by atoms with E-state index in [1.54, 1.807) is 0 Å². The molecule has 0 heterocycles. The smallest absolute Gasteiger partial charge is 0.319 e. The Balaban J connectivity index is 2.33. The van der Waals surface area contributed by atoms with E-state index in [0.29, 0.717) is 24.6 Å². The Morgan fingerprint density at radius 2 is 2.20 bits per heavy atom. The van der Waals surface area contributed by atoms with Gasteiger partial charge in [0.1, 0.15) is 0 Å². The molecule has 3 nitrogen and oxygen atoms in total. The van der Waals surface area contributed by atoms with Crippen LogP contribution in [0.1, 0.15) is 46.5 Å². The fraction of sp³-hybridized carbons (Fsp3) is 0.917. The molecule has 0 aromatic rings. The van der Waals surface area contributed by atoms with E-state index in [2.05, 4.69) is 19.2 Å². The minimum atomic E-state index is -0.140. The SMILES string of the molecule is CCOC(=O)CNC1CCCCC1(C)C. The lowest BCUT2D eigenvalue weighted by Gasteiger charge is -2.39. The maximum absolute atomic E-state index is 11.2. The summed E-state index contributed by atoms with van der Waals surface area (Å²) >= 11 is 0. The molecule has 3 heteroatoms. The Hall–Kier alpha value is -0.570. The number of rotatable bonds is 4. The summed E-state index contributed by atoms with van der Waals surface area (Å²) < 4.78 is 4.90. The van der Waals surface area contributed by atoms with Crippen LogP contribution in [-0.4, -0.2) is 25.2 Å². The molecule has 1 aliphatic rings. The van der Waals surface area contributed by atoms with E-state index in [1.165, 1.54) is 25.7 Å². The number of nitrogens with one attached hydrogen (secondary N) is 1. The quantitative estimate of drug-likeness (QED) is 0.727. The first-order valence-electron chi connectivity index (χ1n) is 5.95. The molecule has 1 atom stereocenters. The lowest BCUT2D eigenvalue weighted by atomic mass is 9.73. The second kappa shape index (κ2) is 5.50. The molecular weight excluding hydrogens is 190 g/mol. The number of esters is 1. The fourth-order valence-electron chi connectivity index (χ4n) is 2.29. The van der Waals surface area contributed by atoms with Gasteiger partial charge in [-0.2, -0.15) is 0 Å². The van der Waals surface area contributed by atoms with E-state index in [1.807, 2.05) is 6.92 Å². The highest BCUT2D eigenvalue weighted by molar-refractivity contribution is 5.71. The van der Waals surface area contributed by atoms with Crippen LogP contribution >= 0.6 is 0 Å². The molecule has 1 saturated carbocycles. The van der Waals surface area contributed by atoms with E-state index < -0.39 is 0 Å². The Kier molecular flexibility index (Phi) is 4.58. The lowest BCUT2D eigenvalue weighted by Crippen LogP contribution is -2.46. The number of carbonyl (C=O) groups is 1. The van der Waals surface area contributed by atoms with Crippen LogP contribution in [0.15, 0.2) is 0 Å². The van der Waals surface area contributed by atoms with E-state index in [-0.39, 0.29) is 5.97 Å². The van der Waals surface area contributed by atoms with Gasteiger partial charge < -0.3 is 10.1 Å². The third-order valence-electron chi connectivity index (χ3n) is 3.31. The zero-order valence-corrected chi connectivity index (χ0v) is 10.1. The fourth-order valence-corrected chi connectivity index (χ4v) is 2.29. The average molecular weight is 213 g/mol. The van der Waals surface area contributed by atoms with E-state index in [9.17, 15) is 4.79 Å². The molecule has 0 bridgehead atoms. The predicted octanol–water partition coefficient (Wildman–Crippen LogP) is 2.11. The Morgan fingerprint density at radius 3 is 2.80 bits per heavy atom. The van der Waals surface area contributed by atoms with Gasteiger partial charge in [0.05, 0.1) is 13.2 Å². The van der Waals surface area contributed by atoms with Crippen molar-refractivity contribution < 1.29 is 9.53 Å². The van der Waals surface area contributed by atoms with Crippen LogP contribution in [0.4, 0.5) is 0 Å². The first-order valence-corrected chi connectivity index (χ1v) is 5.95. The second-order valence-corrected chi connectivity index (χ2v) is 4.97. The van der Waals surface area contributed by atoms with Crippen LogP contribution in [0, 0.1) is 5.41 Å². The highest BCUT2D eigenvalue weighted by atomic mass is 16.5. The molecule has 1 unspecified atom stereocenters. The van der Waals surface area contributed by atoms with Gasteiger partial charge in [-0.05, 0) is 25.2 Å². The monoisotopic (exact) mass is 213 g/mol. The van der Waals surface area contributed by atoms with Crippen molar-refractivity contribution in [3.8, 4) is 0 Å². The van der Waals surface area contributed by atoms with E-state index >= 15 is 0 Å². The molecule has 1 rings (SSSR count). The van der Waals surface area contributed by atoms with Crippen LogP contribution in [0.25, 0.3) is 0 Å². The predicted molar refractivity (Wildman–Crippen MR) is 60.7 cm³/mol. The molecule has 1 aliphatic carbocycles. The lowest BCUT2D eigenvalue weighted by molar-refractivity contribution is -0.142. The summed E-state index contributed by atoms with van der Waals surface area (Å²) in [6.45, 7) is 7.20. The van der Waals surface area contributed by atoms with Crippen LogP contribution in [0.3, 0.4) is 0 Å². The number of carbonyl (C=O) groups excluding carboxylic acids is 1. The van der Waals surface area contributed by atoms with Crippen molar-refractivity contribution >= 4 is 5.97 Å². The van der Waals surface area contributed by atoms with Gasteiger partial charge in [-0.1, -0.05) is 26.7 Å². The maximum atomic E-state index is 11.2. The minimum Gasteiger partial charge on any atom is -0.465 e. The standard InChI is InChI=1S/C12H23NO2/c1-4-15-11(14)9-13-10-7-5-6-8-12(10,2)3/h10,13H,4-9H2,1-3H3. The molecule has 0 saturated heterocycles. The number of hydrogen-bond acceptors (Lipinski definition) is 3. The second-order valence-electron chi connectivity index (χ2n) is 4.97. The highest BCUT2D eigenvalue weighted by Crippen LogP contribution is 2.35. The Bertz CT molecular complexity index is 214. The molecule has 0 spiro atoms. The van der Waals surface area contributed by atoms with E-state index in [0.717, 1.165) is 0 Å². The molecular formula is C12H23NO2. The molecule has 15 heavy (non-hydrogen) atoms. The summed E-state index contributed by atoms with van der Waals surface area (Å²) in [5.41, 5.74) is 0.310. The summed E-state index contributed by atoms with van der Waals surface area (Å²) in [7, 11) is 0. The summed E-state index contributed by atoms with van der Waals surface area (Å²) in [5, 5.41) is 3.32. The van der Waals surface area contributed by atoms with Gasteiger partial charge >= 0.3 is 5.97 Å². The third kappa shape index (κ3) is 3.82. The average Bonchev–Trinajstić information content (AvgIpc) is 2.16. The van der Waals surface area contributed by atoms with Gasteiger partial charge in [0, 0.05) is 6.04 Å². The summed E-state index contributed by atoms with van der Waals surface area (Å²) in [6.07, 6.45) is 4.99. The van der Waals surface area contributed by atoms with Crippen molar-refractivity contribution in [3.63, 3.8) is 0 Å². The van der Waals surface area contributed by atoms with Crippen LogP contribution in [0.5, 0.6) is 0 Å². The molecule has 0 aliphatic heterocycles. The van der Waals surface area contributed by atoms with Crippen molar-refractivity contribution in [2.45, 2.75) is 52.5 Å². The van der Waals surface area contributed by atoms with Gasteiger partial charge in [0.2, 0.25) is 0 Å². The molecule has 0 amide bonds. The Morgan fingerprint density at radius 1 is 1.47 bits per heavy atom. The minimum absolute atomic E-state index is 0.140. The third-order valence-corrected chi connectivity index (χ3v) is 3.31. The molecule has 0 aromatic carbocycles. The normalized spacial score (nSPS) is 24.9. The molecule has 1 fully saturated rings. The van der Waals surface area contributed by atoms with Gasteiger partial charge in [-0.25, -0.2) is 0 Å². The Labute approximate surface area is 92.6 Å². The highest BCUT2D eigenvalue weighted by Gasteiger charge is 2.31. The summed E-state index contributed by atoms with van der Waals surface area (Å²) in [6, 6.07) is 0.454. The van der Waals surface area contributed by atoms with Gasteiger partial charge in [0.25, 0.3) is 0 Å². The van der Waals surface area contributed by atoms with Gasteiger partial charge in [0.15, 0.2) is 0 Å². The molecule has 88 valence electrons. The van der Waals surface area contributed by atoms with Crippen molar-refractivity contribution in [1.29, 1.82) is 0 Å². The van der Waals surface area contributed by atoms with Crippen molar-refractivity contribution in [3.05, 3.63) is 0 Å². The van der Waals surface area contributed by atoms with Gasteiger partial charge in [-0.15, -0.1) is 0 Å². The molecule has 0 aromatic heterocycles. The summed E-state index contributed by atoms with van der Waals surface area (Å²) in [4.78, 5) is 11.2.